The van der Waals surface area contributed by atoms with E-state index in [0.29, 0.717) is 26.2 Å². The molecule has 1 fully saturated rings. The third-order valence-corrected chi connectivity index (χ3v) is 6.64. The first-order valence-corrected chi connectivity index (χ1v) is 13.2. The van der Waals surface area contributed by atoms with Gasteiger partial charge in [0, 0.05) is 24.9 Å². The van der Waals surface area contributed by atoms with Gasteiger partial charge in [0.05, 0.1) is 25.5 Å². The van der Waals surface area contributed by atoms with Gasteiger partial charge in [-0.05, 0) is 54.7 Å². The van der Waals surface area contributed by atoms with Gasteiger partial charge in [0.25, 0.3) is 5.91 Å². The fourth-order valence-electron chi connectivity index (χ4n) is 4.66. The average molecular weight is 511 g/mol. The summed E-state index contributed by atoms with van der Waals surface area (Å²) in [6, 6.07) is 27.1. The highest BCUT2D eigenvalue weighted by Gasteiger charge is 2.29. The minimum atomic E-state index is -0.269. The lowest BCUT2D eigenvalue weighted by molar-refractivity contribution is -0.151. The van der Waals surface area contributed by atoms with Crippen molar-refractivity contribution in [1.82, 2.24) is 4.90 Å². The lowest BCUT2D eigenvalue weighted by atomic mass is 9.97. The van der Waals surface area contributed by atoms with Gasteiger partial charge in [-0.2, -0.15) is 0 Å². The standard InChI is InChI=1S/C32H34N2O4/c1-2-38-32(37)28-16-10-20-33(24-28)31(36)22-27-15-9-17-29(21-27)34(23-26-13-7-4-8-14-26)30(35)19-18-25-11-5-3-6-12-25/h3-9,11-15,17-19,21,28H,2,10,16,20,22-24H2,1H3/b19-18+/t28-/m1/s1. The number of hydrogen-bond acceptors (Lipinski definition) is 4. The van der Waals surface area contributed by atoms with E-state index >= 15 is 0 Å². The lowest BCUT2D eigenvalue weighted by Crippen LogP contribution is -2.43. The van der Waals surface area contributed by atoms with E-state index in [-0.39, 0.29) is 30.1 Å². The number of rotatable bonds is 9. The van der Waals surface area contributed by atoms with Crippen molar-refractivity contribution >= 4 is 29.5 Å². The number of nitrogens with zero attached hydrogens (tertiary/aromatic N) is 2. The molecule has 0 aromatic heterocycles. The molecule has 0 unspecified atom stereocenters. The van der Waals surface area contributed by atoms with E-state index in [9.17, 15) is 14.4 Å². The molecule has 0 radical (unpaired) electrons. The Hall–Kier alpha value is -4.19. The smallest absolute Gasteiger partial charge is 0.310 e. The van der Waals surface area contributed by atoms with Crippen LogP contribution in [0.1, 0.15) is 36.5 Å². The number of piperidine rings is 1. The molecule has 6 nitrogen and oxygen atoms in total. The van der Waals surface area contributed by atoms with Crippen molar-refractivity contribution in [1.29, 1.82) is 0 Å². The maximum atomic E-state index is 13.4. The molecule has 1 saturated heterocycles. The Bertz CT molecular complexity index is 1260. The fraction of sp³-hybridized carbons (Fsp3) is 0.281. The molecule has 0 N–H and O–H groups in total. The number of likely N-dealkylation sites (tertiary alicyclic amines) is 1. The highest BCUT2D eigenvalue weighted by Crippen LogP contribution is 2.23. The molecule has 38 heavy (non-hydrogen) atoms. The topological polar surface area (TPSA) is 66.9 Å². The van der Waals surface area contributed by atoms with Crippen molar-refractivity contribution in [3.8, 4) is 0 Å². The van der Waals surface area contributed by atoms with Gasteiger partial charge in [-0.1, -0.05) is 72.8 Å². The van der Waals surface area contributed by atoms with Crippen molar-refractivity contribution in [2.75, 3.05) is 24.6 Å². The molecule has 1 aliphatic heterocycles. The number of anilines is 1. The van der Waals surface area contributed by atoms with Gasteiger partial charge in [-0.15, -0.1) is 0 Å². The normalized spacial score (nSPS) is 15.3. The highest BCUT2D eigenvalue weighted by molar-refractivity contribution is 6.03. The third-order valence-electron chi connectivity index (χ3n) is 6.64. The number of carbonyl (C=O) groups excluding carboxylic acids is 3. The van der Waals surface area contributed by atoms with Gasteiger partial charge < -0.3 is 14.5 Å². The van der Waals surface area contributed by atoms with Crippen molar-refractivity contribution in [2.24, 2.45) is 5.92 Å². The fourth-order valence-corrected chi connectivity index (χ4v) is 4.66. The molecule has 3 aromatic rings. The second kappa shape index (κ2) is 13.4. The van der Waals surface area contributed by atoms with Gasteiger partial charge in [-0.25, -0.2) is 0 Å². The van der Waals surface area contributed by atoms with Gasteiger partial charge in [0.1, 0.15) is 0 Å². The lowest BCUT2D eigenvalue weighted by Gasteiger charge is -2.31. The Kier molecular flexibility index (Phi) is 9.46. The van der Waals surface area contributed by atoms with Crippen LogP contribution >= 0.6 is 0 Å². The Morgan fingerprint density at radius 1 is 0.947 bits per heavy atom. The molecule has 4 rings (SSSR count). The van der Waals surface area contributed by atoms with Crippen molar-refractivity contribution in [2.45, 2.75) is 32.7 Å². The molecular weight excluding hydrogens is 476 g/mol. The zero-order chi connectivity index (χ0) is 26.7. The summed E-state index contributed by atoms with van der Waals surface area (Å²) in [5, 5.41) is 0. The molecule has 1 aliphatic rings. The number of ether oxygens (including phenoxy) is 1. The maximum Gasteiger partial charge on any atom is 0.310 e. The Labute approximate surface area is 224 Å². The zero-order valence-corrected chi connectivity index (χ0v) is 21.8. The van der Waals surface area contributed by atoms with Gasteiger partial charge in [-0.3, -0.25) is 14.4 Å². The van der Waals surface area contributed by atoms with Crippen LogP contribution in [-0.4, -0.2) is 42.4 Å². The van der Waals surface area contributed by atoms with Gasteiger partial charge in [0.15, 0.2) is 0 Å². The summed E-state index contributed by atoms with van der Waals surface area (Å²) in [6.45, 7) is 3.57. The second-order valence-electron chi connectivity index (χ2n) is 9.43. The molecule has 2 amide bonds. The van der Waals surface area contributed by atoms with Crippen molar-refractivity contribution in [3.05, 3.63) is 108 Å². The summed E-state index contributed by atoms with van der Waals surface area (Å²) in [4.78, 5) is 42.2. The molecule has 196 valence electrons. The van der Waals surface area contributed by atoms with E-state index in [1.165, 1.54) is 0 Å². The summed E-state index contributed by atoms with van der Waals surface area (Å²) in [5.74, 6) is -0.671. The molecular formula is C32H34N2O4. The molecule has 0 saturated carbocycles. The highest BCUT2D eigenvalue weighted by atomic mass is 16.5. The van der Waals surface area contributed by atoms with Gasteiger partial charge >= 0.3 is 5.97 Å². The van der Waals surface area contributed by atoms with Crippen LogP contribution in [0, 0.1) is 5.92 Å². The molecule has 0 spiro atoms. The maximum absolute atomic E-state index is 13.4. The minimum absolute atomic E-state index is 0.0268. The van der Waals surface area contributed by atoms with Crippen LogP contribution < -0.4 is 4.90 Å². The summed E-state index contributed by atoms with van der Waals surface area (Å²) in [7, 11) is 0. The van der Waals surface area contributed by atoms with Crippen LogP contribution in [-0.2, 0) is 32.1 Å². The largest absolute Gasteiger partial charge is 0.466 e. The number of hydrogen-bond donors (Lipinski definition) is 0. The van der Waals surface area contributed by atoms with E-state index in [4.69, 9.17) is 4.74 Å². The number of amides is 2. The SMILES string of the molecule is CCOC(=O)[C@@H]1CCCN(C(=O)Cc2cccc(N(Cc3ccccc3)C(=O)/C=C/c3ccccc3)c2)C1. The zero-order valence-electron chi connectivity index (χ0n) is 21.8. The van der Waals surface area contributed by atoms with Crippen LogP contribution in [0.2, 0.25) is 0 Å². The first-order chi connectivity index (χ1) is 18.5. The predicted octanol–water partition coefficient (Wildman–Crippen LogP) is 5.28. The van der Waals surface area contributed by atoms with Crippen LogP contribution in [0.3, 0.4) is 0 Å². The van der Waals surface area contributed by atoms with Gasteiger partial charge in [0.2, 0.25) is 5.91 Å². The Morgan fingerprint density at radius 3 is 2.39 bits per heavy atom. The number of carbonyl (C=O) groups is 3. The predicted molar refractivity (Wildman–Crippen MR) is 149 cm³/mol. The summed E-state index contributed by atoms with van der Waals surface area (Å²) in [5.41, 5.74) is 3.50. The quantitative estimate of drug-likeness (QED) is 0.290. The second-order valence-corrected chi connectivity index (χ2v) is 9.43. The molecule has 0 bridgehead atoms. The summed E-state index contributed by atoms with van der Waals surface area (Å²) in [6.07, 6.45) is 5.12. The van der Waals surface area contributed by atoms with E-state index in [2.05, 4.69) is 0 Å². The molecule has 1 atom stereocenters. The first kappa shape index (κ1) is 26.9. The molecule has 0 aliphatic carbocycles. The van der Waals surface area contributed by atoms with Crippen molar-refractivity contribution in [3.63, 3.8) is 0 Å². The Morgan fingerprint density at radius 2 is 1.66 bits per heavy atom. The molecule has 1 heterocycles. The van der Waals surface area contributed by atoms with Crippen LogP contribution in [0.15, 0.2) is 91.0 Å². The molecule has 6 heteroatoms. The third kappa shape index (κ3) is 7.42. The average Bonchev–Trinajstić information content (AvgIpc) is 2.96. The van der Waals surface area contributed by atoms with E-state index in [1.54, 1.807) is 22.8 Å². The van der Waals surface area contributed by atoms with Crippen LogP contribution in [0.5, 0.6) is 0 Å². The number of esters is 1. The summed E-state index contributed by atoms with van der Waals surface area (Å²) >= 11 is 0. The van der Waals surface area contributed by atoms with E-state index in [0.717, 1.165) is 35.2 Å². The van der Waals surface area contributed by atoms with E-state index in [1.807, 2.05) is 91.0 Å². The molecule has 3 aromatic carbocycles. The monoisotopic (exact) mass is 510 g/mol. The first-order valence-electron chi connectivity index (χ1n) is 13.2. The van der Waals surface area contributed by atoms with Crippen LogP contribution in [0.4, 0.5) is 5.69 Å². The Balaban J connectivity index is 1.50. The van der Waals surface area contributed by atoms with Crippen molar-refractivity contribution < 1.29 is 19.1 Å². The van der Waals surface area contributed by atoms with E-state index < -0.39 is 0 Å². The van der Waals surface area contributed by atoms with Crippen LogP contribution in [0.25, 0.3) is 6.08 Å². The number of benzene rings is 3. The summed E-state index contributed by atoms with van der Waals surface area (Å²) < 4.78 is 5.17. The minimum Gasteiger partial charge on any atom is -0.466 e.